The lowest BCUT2D eigenvalue weighted by molar-refractivity contribution is -0.136. The van der Waals surface area contributed by atoms with Gasteiger partial charge in [-0.2, -0.15) is 0 Å². The summed E-state index contributed by atoms with van der Waals surface area (Å²) in [5.74, 6) is -3.09. The first-order valence-corrected chi connectivity index (χ1v) is 13.6. The second-order valence-corrected chi connectivity index (χ2v) is 10.8. The molecule has 2 fully saturated rings. The van der Waals surface area contributed by atoms with Gasteiger partial charge >= 0.3 is 18.0 Å². The van der Waals surface area contributed by atoms with Crippen molar-refractivity contribution in [3.8, 4) is 0 Å². The zero-order valence-corrected chi connectivity index (χ0v) is 22.9. The van der Waals surface area contributed by atoms with Crippen LogP contribution >= 0.6 is 0 Å². The number of urea groups is 2. The number of pyridine rings is 1. The van der Waals surface area contributed by atoms with E-state index in [1.54, 1.807) is 6.20 Å². The van der Waals surface area contributed by atoms with Crippen molar-refractivity contribution >= 4 is 18.0 Å². The summed E-state index contributed by atoms with van der Waals surface area (Å²) in [7, 11) is 1.15. The first kappa shape index (κ1) is 28.6. The molecule has 3 N–H and O–H groups in total. The smallest absolute Gasteiger partial charge is 0.337 e. The molecule has 1 saturated carbocycles. The second-order valence-electron chi connectivity index (χ2n) is 10.8. The van der Waals surface area contributed by atoms with Crippen molar-refractivity contribution in [3.05, 3.63) is 76.8 Å². The lowest BCUT2D eigenvalue weighted by atomic mass is 9.79. The van der Waals surface area contributed by atoms with Crippen LogP contribution in [0.4, 0.5) is 18.4 Å². The van der Waals surface area contributed by atoms with Gasteiger partial charge in [0, 0.05) is 37.1 Å². The number of aromatic nitrogens is 1. The van der Waals surface area contributed by atoms with E-state index in [-0.39, 0.29) is 28.9 Å². The Morgan fingerprint density at radius 2 is 1.90 bits per heavy atom. The Morgan fingerprint density at radius 3 is 2.56 bits per heavy atom. The molecule has 1 saturated heterocycles. The van der Waals surface area contributed by atoms with Crippen molar-refractivity contribution in [1.82, 2.24) is 25.4 Å². The van der Waals surface area contributed by atoms with Crippen LogP contribution < -0.4 is 10.6 Å². The van der Waals surface area contributed by atoms with E-state index in [0.29, 0.717) is 31.5 Å². The van der Waals surface area contributed by atoms with E-state index in [4.69, 9.17) is 4.74 Å². The van der Waals surface area contributed by atoms with Gasteiger partial charge in [0.1, 0.15) is 11.6 Å². The predicted molar refractivity (Wildman–Crippen MR) is 143 cm³/mol. The fourth-order valence-corrected chi connectivity index (χ4v) is 6.14. The average molecular weight is 570 g/mol. The van der Waals surface area contributed by atoms with Crippen molar-refractivity contribution in [2.75, 3.05) is 20.2 Å². The Hall–Kier alpha value is -3.90. The van der Waals surface area contributed by atoms with E-state index < -0.39 is 41.3 Å². The summed E-state index contributed by atoms with van der Waals surface area (Å²) in [5, 5.41) is 16.5. The van der Waals surface area contributed by atoms with Crippen molar-refractivity contribution in [2.24, 2.45) is 0 Å². The Kier molecular flexibility index (Phi) is 8.05. The summed E-state index contributed by atoms with van der Waals surface area (Å²) in [6.45, 7) is 2.74. The Bertz CT molecular complexity index is 1360. The molecule has 41 heavy (non-hydrogen) atoms. The highest BCUT2D eigenvalue weighted by molar-refractivity contribution is 6.01. The second kappa shape index (κ2) is 11.5. The number of hydrogen-bond donors (Lipinski definition) is 3. The molecule has 0 radical (unpaired) electrons. The molecule has 0 bridgehead atoms. The first-order chi connectivity index (χ1) is 19.6. The number of rotatable bonds is 5. The summed E-state index contributed by atoms with van der Waals surface area (Å²) in [4.78, 5) is 46.7. The van der Waals surface area contributed by atoms with Crippen LogP contribution in [0, 0.1) is 11.6 Å². The number of imide groups is 1. The molecule has 2 aromatic rings. The highest BCUT2D eigenvalue weighted by atomic mass is 19.2. The minimum atomic E-state index is -1.33. The largest absolute Gasteiger partial charge is 0.466 e. The fourth-order valence-electron chi connectivity index (χ4n) is 6.14. The monoisotopic (exact) mass is 569 g/mol. The summed E-state index contributed by atoms with van der Waals surface area (Å²) in [6, 6.07) is 5.53. The van der Waals surface area contributed by atoms with Crippen LogP contribution in [-0.2, 0) is 15.1 Å². The molecule has 1 aromatic carbocycles. The maximum absolute atomic E-state index is 14.2. The zero-order valence-electron chi connectivity index (χ0n) is 22.9. The maximum atomic E-state index is 14.2. The van der Waals surface area contributed by atoms with E-state index >= 15 is 0 Å². The molecule has 218 valence electrons. The molecule has 0 spiro atoms. The molecule has 10 nitrogen and oxygen atoms in total. The maximum Gasteiger partial charge on any atom is 0.337 e. The molecule has 2 aliphatic heterocycles. The van der Waals surface area contributed by atoms with Crippen LogP contribution in [-0.4, -0.2) is 70.2 Å². The van der Waals surface area contributed by atoms with Crippen molar-refractivity contribution in [2.45, 2.75) is 62.8 Å². The first-order valence-electron chi connectivity index (χ1n) is 13.6. The van der Waals surface area contributed by atoms with Gasteiger partial charge in [-0.25, -0.2) is 28.1 Å². The Morgan fingerprint density at radius 1 is 1.15 bits per heavy atom. The molecule has 1 aliphatic carbocycles. The predicted octanol–water partition coefficient (Wildman–Crippen LogP) is 3.49. The van der Waals surface area contributed by atoms with Crippen LogP contribution in [0.15, 0.2) is 53.9 Å². The van der Waals surface area contributed by atoms with Gasteiger partial charge in [0.15, 0.2) is 11.6 Å². The van der Waals surface area contributed by atoms with Gasteiger partial charge in [0.25, 0.3) is 0 Å². The van der Waals surface area contributed by atoms with Crippen LogP contribution in [0.25, 0.3) is 0 Å². The van der Waals surface area contributed by atoms with Gasteiger partial charge in [-0.3, -0.25) is 9.88 Å². The van der Waals surface area contributed by atoms with Crippen LogP contribution in [0.1, 0.15) is 56.3 Å². The number of hydrogen-bond acceptors (Lipinski definition) is 7. The number of carbonyl (C=O) groups is 3. The standard InChI is InChI=1S/C29H33F2N5O5/c1-17-24(26(37)41-2)25(18-6-7-21(30)22(31)15-18)36(27(38)33-17)28(39)34-19-10-14-35(16-19)20-8-11-29(40,12-9-20)23-5-3-4-13-32-23/h3-7,13,15,19-20,25,40H,8-12,14,16H2,1-2H3,(H,33,38)(H,34,39). The molecular weight excluding hydrogens is 536 g/mol. The number of halogens is 2. The number of ether oxygens (including phenoxy) is 1. The molecule has 2 unspecified atom stereocenters. The third kappa shape index (κ3) is 5.66. The van der Waals surface area contributed by atoms with E-state index in [0.717, 1.165) is 43.5 Å². The van der Waals surface area contributed by atoms with E-state index in [9.17, 15) is 28.3 Å². The quantitative estimate of drug-likeness (QED) is 0.471. The van der Waals surface area contributed by atoms with E-state index in [1.165, 1.54) is 13.0 Å². The van der Waals surface area contributed by atoms with E-state index in [1.807, 2.05) is 18.2 Å². The highest BCUT2D eigenvalue weighted by Gasteiger charge is 2.44. The Balaban J connectivity index is 1.29. The van der Waals surface area contributed by atoms with Gasteiger partial charge in [-0.05, 0) is 68.9 Å². The molecule has 5 rings (SSSR count). The molecule has 3 heterocycles. The number of carbonyl (C=O) groups excluding carboxylic acids is 3. The minimum Gasteiger partial charge on any atom is -0.466 e. The van der Waals surface area contributed by atoms with Gasteiger partial charge in [0.2, 0.25) is 0 Å². The van der Waals surface area contributed by atoms with E-state index in [2.05, 4.69) is 20.5 Å². The van der Waals surface area contributed by atoms with Crippen LogP contribution in [0.3, 0.4) is 0 Å². The third-order valence-corrected chi connectivity index (χ3v) is 8.32. The Labute approximate surface area is 236 Å². The topological polar surface area (TPSA) is 124 Å². The normalized spacial score (nSPS) is 27.0. The molecular formula is C29H33F2N5O5. The minimum absolute atomic E-state index is 0.0456. The van der Waals surface area contributed by atoms with Gasteiger partial charge in [0.05, 0.1) is 18.4 Å². The lowest BCUT2D eigenvalue weighted by Crippen LogP contribution is -2.56. The third-order valence-electron chi connectivity index (χ3n) is 8.32. The van der Waals surface area contributed by atoms with Gasteiger partial charge in [-0.15, -0.1) is 0 Å². The molecule has 4 amide bonds. The SMILES string of the molecule is COC(=O)C1=C(C)NC(=O)N(C(=O)NC2CCN(C3CCC(O)(c4ccccn4)CC3)C2)C1c1ccc(F)c(F)c1. The van der Waals surface area contributed by atoms with Crippen molar-refractivity contribution in [3.63, 3.8) is 0 Å². The lowest BCUT2D eigenvalue weighted by Gasteiger charge is -2.39. The zero-order chi connectivity index (χ0) is 29.3. The fraction of sp³-hybridized carbons (Fsp3) is 0.448. The number of esters is 1. The number of allylic oxidation sites excluding steroid dienone is 1. The van der Waals surface area contributed by atoms with Crippen LogP contribution in [0.5, 0.6) is 0 Å². The highest BCUT2D eigenvalue weighted by Crippen LogP contribution is 2.39. The van der Waals surface area contributed by atoms with Crippen LogP contribution in [0.2, 0.25) is 0 Å². The summed E-state index contributed by atoms with van der Waals surface area (Å²) >= 11 is 0. The molecule has 1 aromatic heterocycles. The number of benzene rings is 1. The van der Waals surface area contributed by atoms with Crippen molar-refractivity contribution in [1.29, 1.82) is 0 Å². The van der Waals surface area contributed by atoms with Gasteiger partial charge in [-0.1, -0.05) is 12.1 Å². The summed E-state index contributed by atoms with van der Waals surface area (Å²) in [6.07, 6.45) is 5.01. The summed E-state index contributed by atoms with van der Waals surface area (Å²) in [5.41, 5.74) is -0.148. The average Bonchev–Trinajstić information content (AvgIpc) is 3.42. The number of nitrogens with one attached hydrogen (secondary N) is 2. The molecule has 2 atom stereocenters. The number of likely N-dealkylation sites (tertiary alicyclic amines) is 1. The van der Waals surface area contributed by atoms with Gasteiger partial charge < -0.3 is 20.5 Å². The molecule has 3 aliphatic rings. The number of nitrogens with zero attached hydrogens (tertiary/aromatic N) is 3. The number of amides is 4. The molecule has 12 heteroatoms. The number of methoxy groups -OCH3 is 1. The number of aliphatic hydroxyl groups is 1. The summed E-state index contributed by atoms with van der Waals surface area (Å²) < 4.78 is 32.8. The van der Waals surface area contributed by atoms with Crippen molar-refractivity contribution < 1.29 is 33.0 Å².